The van der Waals surface area contributed by atoms with Gasteiger partial charge >= 0.3 is 5.69 Å². The second-order valence-corrected chi connectivity index (χ2v) is 5.79. The summed E-state index contributed by atoms with van der Waals surface area (Å²) in [7, 11) is 0. The van der Waals surface area contributed by atoms with E-state index < -0.39 is 4.92 Å². The van der Waals surface area contributed by atoms with Gasteiger partial charge in [-0.3, -0.25) is 14.9 Å². The summed E-state index contributed by atoms with van der Waals surface area (Å²) in [5.41, 5.74) is 2.68. The molecule has 0 spiro atoms. The lowest BCUT2D eigenvalue weighted by atomic mass is 10.0. The zero-order chi connectivity index (χ0) is 17.1. The third-order valence-electron chi connectivity index (χ3n) is 4.07. The highest BCUT2D eigenvalue weighted by atomic mass is 16.6. The molecule has 0 atom stereocenters. The third-order valence-corrected chi connectivity index (χ3v) is 4.07. The molecule has 2 aromatic carbocycles. The maximum absolute atomic E-state index is 12.5. The Balaban J connectivity index is 1.75. The Hall–Kier alpha value is -2.89. The minimum absolute atomic E-state index is 0.115. The first-order chi connectivity index (χ1) is 11.6. The molecule has 0 N–H and O–H groups in total. The summed E-state index contributed by atoms with van der Waals surface area (Å²) in [6, 6.07) is 12.5. The molecule has 1 heterocycles. The van der Waals surface area contributed by atoms with E-state index in [0.29, 0.717) is 6.54 Å². The summed E-state index contributed by atoms with van der Waals surface area (Å²) >= 11 is 0. The Morgan fingerprint density at radius 2 is 2.08 bits per heavy atom. The molecule has 0 radical (unpaired) electrons. The van der Waals surface area contributed by atoms with Gasteiger partial charge in [-0.05, 0) is 43.0 Å². The summed E-state index contributed by atoms with van der Waals surface area (Å²) in [5.74, 6) is -0.0822. The van der Waals surface area contributed by atoms with Crippen LogP contribution in [0.15, 0.2) is 42.5 Å². The maximum atomic E-state index is 12.5. The van der Waals surface area contributed by atoms with E-state index >= 15 is 0 Å². The number of carbonyl (C=O) groups excluding carboxylic acids is 1. The molecule has 0 bridgehead atoms. The van der Waals surface area contributed by atoms with Crippen LogP contribution in [0.4, 0.5) is 11.4 Å². The largest absolute Gasteiger partial charge is 0.477 e. The number of hydrogen-bond acceptors (Lipinski definition) is 4. The Labute approximate surface area is 139 Å². The van der Waals surface area contributed by atoms with Gasteiger partial charge in [0.1, 0.15) is 0 Å². The molecule has 1 amide bonds. The quantitative estimate of drug-likeness (QED) is 0.638. The van der Waals surface area contributed by atoms with Crippen molar-refractivity contribution in [2.75, 3.05) is 18.1 Å². The van der Waals surface area contributed by atoms with E-state index in [2.05, 4.69) is 0 Å². The number of para-hydroxylation sites is 1. The molecule has 3 rings (SSSR count). The van der Waals surface area contributed by atoms with Gasteiger partial charge in [0.05, 0.1) is 4.92 Å². The van der Waals surface area contributed by atoms with E-state index in [1.54, 1.807) is 17.9 Å². The number of benzene rings is 2. The summed E-state index contributed by atoms with van der Waals surface area (Å²) in [6.45, 7) is 2.18. The molecular weight excluding hydrogens is 308 g/mol. The van der Waals surface area contributed by atoms with Crippen LogP contribution >= 0.6 is 0 Å². The minimum Gasteiger partial charge on any atom is -0.477 e. The number of nitro groups is 1. The van der Waals surface area contributed by atoms with Gasteiger partial charge in [-0.1, -0.05) is 24.3 Å². The highest BCUT2D eigenvalue weighted by Crippen LogP contribution is 2.29. The van der Waals surface area contributed by atoms with Crippen molar-refractivity contribution in [3.8, 4) is 5.75 Å². The van der Waals surface area contributed by atoms with Crippen molar-refractivity contribution in [3.05, 3.63) is 63.7 Å². The van der Waals surface area contributed by atoms with E-state index in [9.17, 15) is 14.9 Å². The van der Waals surface area contributed by atoms with Crippen LogP contribution in [-0.4, -0.2) is 24.0 Å². The van der Waals surface area contributed by atoms with E-state index in [4.69, 9.17) is 4.74 Å². The van der Waals surface area contributed by atoms with Crippen LogP contribution in [0.3, 0.4) is 0 Å². The molecule has 1 aliphatic heterocycles. The minimum atomic E-state index is -0.497. The fraction of sp³-hybridized carbons (Fsp3) is 0.278. The van der Waals surface area contributed by atoms with E-state index in [1.165, 1.54) is 12.1 Å². The second-order valence-electron chi connectivity index (χ2n) is 5.79. The topological polar surface area (TPSA) is 72.7 Å². The molecular formula is C18H18N2O4. The first kappa shape index (κ1) is 16.0. The normalized spacial score (nSPS) is 13.3. The van der Waals surface area contributed by atoms with E-state index in [1.807, 2.05) is 24.3 Å². The standard InChI is InChI=1S/C18H18N2O4/c1-13-8-9-17(16(11-13)20(22)23)24-12-18(21)19-10-4-6-14-5-2-3-7-15(14)19/h2-3,5,7-9,11H,4,6,10,12H2,1H3. The van der Waals surface area contributed by atoms with Gasteiger partial charge in [0.15, 0.2) is 12.4 Å². The molecule has 0 aromatic heterocycles. The smallest absolute Gasteiger partial charge is 0.311 e. The number of anilines is 1. The lowest BCUT2D eigenvalue weighted by Gasteiger charge is -2.29. The SMILES string of the molecule is Cc1ccc(OCC(=O)N2CCCc3ccccc32)c([N+](=O)[O-])c1. The molecule has 0 saturated heterocycles. The Morgan fingerprint density at radius 1 is 1.29 bits per heavy atom. The fourth-order valence-electron chi connectivity index (χ4n) is 2.90. The van der Waals surface area contributed by atoms with Crippen LogP contribution in [-0.2, 0) is 11.2 Å². The maximum Gasteiger partial charge on any atom is 0.311 e. The molecule has 0 fully saturated rings. The number of nitro benzene ring substituents is 1. The Bertz CT molecular complexity index is 788. The highest BCUT2D eigenvalue weighted by molar-refractivity contribution is 5.95. The van der Waals surface area contributed by atoms with Crippen LogP contribution in [0.5, 0.6) is 5.75 Å². The predicted octanol–water partition coefficient (Wildman–Crippen LogP) is 3.26. The van der Waals surface area contributed by atoms with Crippen LogP contribution in [0.2, 0.25) is 0 Å². The van der Waals surface area contributed by atoms with E-state index in [-0.39, 0.29) is 24.0 Å². The van der Waals surface area contributed by atoms with Crippen molar-refractivity contribution < 1.29 is 14.5 Å². The molecule has 0 saturated carbocycles. The number of aryl methyl sites for hydroxylation is 2. The van der Waals surface area contributed by atoms with Gasteiger partial charge in [-0.15, -0.1) is 0 Å². The number of fused-ring (bicyclic) bond motifs is 1. The number of rotatable bonds is 4. The van der Waals surface area contributed by atoms with Gasteiger partial charge in [-0.25, -0.2) is 0 Å². The average molecular weight is 326 g/mol. The number of amides is 1. The lowest BCUT2D eigenvalue weighted by Crippen LogP contribution is -2.38. The zero-order valence-electron chi connectivity index (χ0n) is 13.4. The summed E-state index contributed by atoms with van der Waals surface area (Å²) in [6.07, 6.45) is 1.84. The first-order valence-electron chi connectivity index (χ1n) is 7.82. The number of nitrogens with zero attached hydrogens (tertiary/aromatic N) is 2. The van der Waals surface area contributed by atoms with Gasteiger partial charge < -0.3 is 9.64 Å². The fourth-order valence-corrected chi connectivity index (χ4v) is 2.90. The highest BCUT2D eigenvalue weighted by Gasteiger charge is 2.23. The van der Waals surface area contributed by atoms with Crippen LogP contribution in [0.25, 0.3) is 0 Å². The van der Waals surface area contributed by atoms with Gasteiger partial charge in [-0.2, -0.15) is 0 Å². The lowest BCUT2D eigenvalue weighted by molar-refractivity contribution is -0.385. The number of hydrogen-bond donors (Lipinski definition) is 0. The average Bonchev–Trinajstić information content (AvgIpc) is 2.59. The summed E-state index contributed by atoms with van der Waals surface area (Å²) in [5, 5.41) is 11.1. The van der Waals surface area contributed by atoms with Crippen LogP contribution in [0.1, 0.15) is 17.5 Å². The van der Waals surface area contributed by atoms with Crippen molar-refractivity contribution in [1.29, 1.82) is 0 Å². The van der Waals surface area contributed by atoms with Crippen molar-refractivity contribution >= 4 is 17.3 Å². The monoisotopic (exact) mass is 326 g/mol. The molecule has 2 aromatic rings. The first-order valence-corrected chi connectivity index (χ1v) is 7.82. The molecule has 0 aliphatic carbocycles. The summed E-state index contributed by atoms with van der Waals surface area (Å²) in [4.78, 5) is 24.8. The molecule has 6 nitrogen and oxygen atoms in total. The van der Waals surface area contributed by atoms with E-state index in [0.717, 1.165) is 29.7 Å². The van der Waals surface area contributed by atoms with Crippen molar-refractivity contribution in [2.24, 2.45) is 0 Å². The van der Waals surface area contributed by atoms with Crippen LogP contribution < -0.4 is 9.64 Å². The van der Waals surface area contributed by atoms with Gasteiger partial charge in [0.2, 0.25) is 0 Å². The Morgan fingerprint density at radius 3 is 2.88 bits per heavy atom. The molecule has 24 heavy (non-hydrogen) atoms. The van der Waals surface area contributed by atoms with Crippen molar-refractivity contribution in [3.63, 3.8) is 0 Å². The molecule has 6 heteroatoms. The zero-order valence-corrected chi connectivity index (χ0v) is 13.4. The van der Waals surface area contributed by atoms with Crippen LogP contribution in [0, 0.1) is 17.0 Å². The van der Waals surface area contributed by atoms with Crippen molar-refractivity contribution in [2.45, 2.75) is 19.8 Å². The third kappa shape index (κ3) is 3.22. The van der Waals surface area contributed by atoms with Crippen molar-refractivity contribution in [1.82, 2.24) is 0 Å². The molecule has 124 valence electrons. The Kier molecular flexibility index (Phi) is 4.46. The molecule has 0 unspecified atom stereocenters. The molecule has 1 aliphatic rings. The summed E-state index contributed by atoms with van der Waals surface area (Å²) < 4.78 is 5.45. The predicted molar refractivity (Wildman–Crippen MR) is 90.4 cm³/mol. The second kappa shape index (κ2) is 6.70. The van der Waals surface area contributed by atoms with Gasteiger partial charge in [0, 0.05) is 18.3 Å². The number of carbonyl (C=O) groups is 1. The van der Waals surface area contributed by atoms with Gasteiger partial charge in [0.25, 0.3) is 5.91 Å². The number of ether oxygens (including phenoxy) is 1.